The highest BCUT2D eigenvalue weighted by atomic mass is 127. The van der Waals surface area contributed by atoms with Gasteiger partial charge in [0.15, 0.2) is 18.1 Å². The summed E-state index contributed by atoms with van der Waals surface area (Å²) in [6.07, 6.45) is 1.56. The van der Waals surface area contributed by atoms with Crippen molar-refractivity contribution in [2.24, 2.45) is 5.10 Å². The Morgan fingerprint density at radius 1 is 1.22 bits per heavy atom. The van der Waals surface area contributed by atoms with Gasteiger partial charge in [-0.25, -0.2) is 9.78 Å². The summed E-state index contributed by atoms with van der Waals surface area (Å²) in [7, 11) is 0. The number of aryl methyl sites for hydroxylation is 1. The van der Waals surface area contributed by atoms with Crippen LogP contribution in [0.25, 0.3) is 10.9 Å². The fourth-order valence-corrected chi connectivity index (χ4v) is 4.06. The zero-order chi connectivity index (χ0) is 23.3. The molecular weight excluding hydrogens is 593 g/mol. The number of halogens is 2. The summed E-state index contributed by atoms with van der Waals surface area (Å²) in [5, 5.41) is 4.82. The van der Waals surface area contributed by atoms with E-state index in [1.54, 1.807) is 38.3 Å². The molecule has 8 nitrogen and oxygen atoms in total. The fourth-order valence-electron chi connectivity index (χ4n) is 2.92. The van der Waals surface area contributed by atoms with Crippen LogP contribution in [0.2, 0.25) is 0 Å². The molecule has 2 aromatic carbocycles. The smallest absolute Gasteiger partial charge is 0.344 e. The van der Waals surface area contributed by atoms with E-state index in [0.717, 1.165) is 8.04 Å². The number of carbonyl (C=O) groups excluding carboxylic acids is 1. The number of hydrogen-bond acceptors (Lipinski definition) is 7. The molecule has 0 aliphatic rings. The first-order chi connectivity index (χ1) is 15.3. The number of aromatic nitrogens is 2. The summed E-state index contributed by atoms with van der Waals surface area (Å²) in [6.45, 7) is 5.79. The van der Waals surface area contributed by atoms with Crippen LogP contribution in [0.5, 0.6) is 11.5 Å². The third kappa shape index (κ3) is 5.66. The van der Waals surface area contributed by atoms with E-state index in [-0.39, 0.29) is 18.8 Å². The van der Waals surface area contributed by atoms with Gasteiger partial charge in [-0.15, -0.1) is 0 Å². The van der Waals surface area contributed by atoms with Gasteiger partial charge in [-0.05, 0) is 79.3 Å². The lowest BCUT2D eigenvalue weighted by molar-refractivity contribution is -0.145. The van der Waals surface area contributed by atoms with Gasteiger partial charge in [0, 0.05) is 4.47 Å². The number of ether oxygens (including phenoxy) is 3. The molecule has 10 heteroatoms. The Hall–Kier alpha value is -2.47. The SMILES string of the molecule is CCOC(=O)COc1c(I)cc(C=Nn2c(C)nc3ccc(Br)cc3c2=O)cc1OCC. The summed E-state index contributed by atoms with van der Waals surface area (Å²) >= 11 is 5.48. The molecule has 3 rings (SSSR count). The number of esters is 1. The molecule has 3 aromatic rings. The molecule has 0 fully saturated rings. The van der Waals surface area contributed by atoms with Crippen molar-refractivity contribution in [1.29, 1.82) is 0 Å². The van der Waals surface area contributed by atoms with Crippen LogP contribution in [0.3, 0.4) is 0 Å². The lowest BCUT2D eigenvalue weighted by atomic mass is 10.2. The summed E-state index contributed by atoms with van der Waals surface area (Å²) in [6, 6.07) is 8.90. The molecule has 0 N–H and O–H groups in total. The summed E-state index contributed by atoms with van der Waals surface area (Å²) < 4.78 is 19.0. The van der Waals surface area contributed by atoms with Crippen LogP contribution in [0.15, 0.2) is 44.7 Å². The van der Waals surface area contributed by atoms with Gasteiger partial charge in [0.05, 0.1) is 33.9 Å². The van der Waals surface area contributed by atoms with Crippen LogP contribution in [0.4, 0.5) is 0 Å². The molecule has 0 aliphatic carbocycles. The number of rotatable bonds is 8. The van der Waals surface area contributed by atoms with Crippen molar-refractivity contribution in [3.63, 3.8) is 0 Å². The van der Waals surface area contributed by atoms with Gasteiger partial charge in [-0.3, -0.25) is 4.79 Å². The number of hydrogen-bond donors (Lipinski definition) is 0. The second-order valence-corrected chi connectivity index (χ2v) is 8.62. The molecule has 0 bridgehead atoms. The summed E-state index contributed by atoms with van der Waals surface area (Å²) in [5.41, 5.74) is 1.04. The summed E-state index contributed by atoms with van der Waals surface area (Å²) in [4.78, 5) is 29.0. The van der Waals surface area contributed by atoms with Gasteiger partial charge in [0.2, 0.25) is 0 Å². The molecule has 0 aliphatic heterocycles. The Kier molecular flexibility index (Phi) is 8.24. The zero-order valence-electron chi connectivity index (χ0n) is 17.7. The maximum atomic E-state index is 12.9. The van der Waals surface area contributed by atoms with E-state index in [1.807, 2.05) is 19.1 Å². The zero-order valence-corrected chi connectivity index (χ0v) is 21.5. The molecule has 0 atom stereocenters. The van der Waals surface area contributed by atoms with E-state index in [9.17, 15) is 9.59 Å². The van der Waals surface area contributed by atoms with Crippen molar-refractivity contribution in [2.75, 3.05) is 19.8 Å². The fraction of sp³-hybridized carbons (Fsp3) is 0.273. The number of benzene rings is 2. The molecule has 1 aromatic heterocycles. The average molecular weight is 614 g/mol. The van der Waals surface area contributed by atoms with Gasteiger partial charge in [-0.1, -0.05) is 15.9 Å². The molecule has 32 heavy (non-hydrogen) atoms. The van der Waals surface area contributed by atoms with E-state index >= 15 is 0 Å². The monoisotopic (exact) mass is 613 g/mol. The van der Waals surface area contributed by atoms with Gasteiger partial charge in [-0.2, -0.15) is 9.78 Å². The first-order valence-corrected chi connectivity index (χ1v) is 11.7. The largest absolute Gasteiger partial charge is 0.490 e. The Morgan fingerprint density at radius 2 is 2.00 bits per heavy atom. The maximum absolute atomic E-state index is 12.9. The highest BCUT2D eigenvalue weighted by Gasteiger charge is 2.14. The first kappa shape index (κ1) is 24.2. The van der Waals surface area contributed by atoms with Crippen molar-refractivity contribution in [2.45, 2.75) is 20.8 Å². The highest BCUT2D eigenvalue weighted by Crippen LogP contribution is 2.34. The van der Waals surface area contributed by atoms with Crippen LogP contribution in [-0.2, 0) is 9.53 Å². The predicted molar refractivity (Wildman–Crippen MR) is 134 cm³/mol. The van der Waals surface area contributed by atoms with Gasteiger partial charge < -0.3 is 14.2 Å². The minimum Gasteiger partial charge on any atom is -0.490 e. The molecule has 0 unspecified atom stereocenters. The molecule has 0 saturated heterocycles. The number of nitrogens with zero attached hydrogens (tertiary/aromatic N) is 3. The predicted octanol–water partition coefficient (Wildman–Crippen LogP) is 4.29. The van der Waals surface area contributed by atoms with Crippen LogP contribution in [0, 0.1) is 10.5 Å². The lowest BCUT2D eigenvalue weighted by Crippen LogP contribution is -2.20. The number of carbonyl (C=O) groups is 1. The molecule has 0 saturated carbocycles. The van der Waals surface area contributed by atoms with Crippen LogP contribution < -0.4 is 15.0 Å². The second-order valence-electron chi connectivity index (χ2n) is 6.54. The third-order valence-corrected chi connectivity index (χ3v) is 5.56. The van der Waals surface area contributed by atoms with E-state index < -0.39 is 5.97 Å². The Morgan fingerprint density at radius 3 is 2.72 bits per heavy atom. The topological polar surface area (TPSA) is 92.0 Å². The quantitative estimate of drug-likeness (QED) is 0.214. The molecule has 0 amide bonds. The molecular formula is C22H21BrIN3O5. The normalized spacial score (nSPS) is 11.2. The first-order valence-electron chi connectivity index (χ1n) is 9.82. The standard InChI is InChI=1S/C22H21BrIN3O5/c1-4-30-19-9-14(8-17(24)21(19)32-12-20(28)31-5-2)11-25-27-13(3)26-18-7-6-15(23)10-16(18)22(27)29/h6-11H,4-5,12H2,1-3H3. The van der Waals surface area contributed by atoms with Crippen LogP contribution in [0.1, 0.15) is 25.2 Å². The van der Waals surface area contributed by atoms with Crippen LogP contribution >= 0.6 is 38.5 Å². The minimum absolute atomic E-state index is 0.218. The maximum Gasteiger partial charge on any atom is 0.344 e. The Balaban J connectivity index is 1.95. The van der Waals surface area contributed by atoms with Gasteiger partial charge in [0.1, 0.15) is 5.82 Å². The van der Waals surface area contributed by atoms with Crippen molar-refractivity contribution in [3.8, 4) is 11.5 Å². The molecule has 0 spiro atoms. The minimum atomic E-state index is -0.457. The average Bonchev–Trinajstić information content (AvgIpc) is 2.74. The van der Waals surface area contributed by atoms with E-state index in [2.05, 4.69) is 48.6 Å². The second kappa shape index (κ2) is 10.9. The lowest BCUT2D eigenvalue weighted by Gasteiger charge is -2.14. The highest BCUT2D eigenvalue weighted by molar-refractivity contribution is 14.1. The van der Waals surface area contributed by atoms with Crippen molar-refractivity contribution in [1.82, 2.24) is 9.66 Å². The van der Waals surface area contributed by atoms with E-state index in [4.69, 9.17) is 14.2 Å². The van der Waals surface area contributed by atoms with E-state index in [1.165, 1.54) is 4.68 Å². The van der Waals surface area contributed by atoms with Crippen LogP contribution in [-0.4, -0.2) is 41.7 Å². The van der Waals surface area contributed by atoms with Crippen molar-refractivity contribution >= 4 is 61.6 Å². The Labute approximate surface area is 206 Å². The summed E-state index contributed by atoms with van der Waals surface area (Å²) in [5.74, 6) is 0.926. The Bertz CT molecular complexity index is 1240. The molecule has 0 radical (unpaired) electrons. The van der Waals surface area contributed by atoms with Gasteiger partial charge in [0.25, 0.3) is 5.56 Å². The van der Waals surface area contributed by atoms with Crippen molar-refractivity contribution in [3.05, 3.63) is 60.1 Å². The number of fused-ring (bicyclic) bond motifs is 1. The molecule has 168 valence electrons. The van der Waals surface area contributed by atoms with Crippen molar-refractivity contribution < 1.29 is 19.0 Å². The van der Waals surface area contributed by atoms with E-state index in [0.29, 0.717) is 40.4 Å². The van der Waals surface area contributed by atoms with Gasteiger partial charge >= 0.3 is 5.97 Å². The third-order valence-electron chi connectivity index (χ3n) is 4.26. The molecule has 1 heterocycles.